The molecule has 3 nitrogen and oxygen atoms in total. The number of hydrogen-bond acceptors (Lipinski definition) is 4. The fourth-order valence-corrected chi connectivity index (χ4v) is 2.38. The van der Waals surface area contributed by atoms with Gasteiger partial charge in [-0.25, -0.2) is 4.98 Å². The van der Waals surface area contributed by atoms with Crippen LogP contribution < -0.4 is 5.32 Å². The van der Waals surface area contributed by atoms with Gasteiger partial charge in [0, 0.05) is 0 Å². The molecule has 0 spiro atoms. The number of likely N-dealkylation sites (N-methyl/N-ethyl adjacent to an activating group) is 1. The van der Waals surface area contributed by atoms with Crippen molar-refractivity contribution >= 4 is 17.1 Å². The molecule has 1 N–H and O–H groups in total. The Morgan fingerprint density at radius 3 is 2.86 bits per heavy atom. The second-order valence-corrected chi connectivity index (χ2v) is 4.31. The highest BCUT2D eigenvalue weighted by atomic mass is 32.1. The minimum atomic E-state index is 0.143. The van der Waals surface area contributed by atoms with Crippen LogP contribution in [-0.2, 0) is 6.42 Å². The van der Waals surface area contributed by atoms with Gasteiger partial charge in [-0.1, -0.05) is 6.92 Å². The normalized spacial score (nSPS) is 10.5. The van der Waals surface area contributed by atoms with Gasteiger partial charge in [0.1, 0.15) is 0 Å². The standard InChI is InChI=1S/C10H16N2OS/c1-4-5-9-12-7(2)10(14-9)8(13)6-11-3/h11H,4-6H2,1-3H3. The van der Waals surface area contributed by atoms with Crippen LogP contribution >= 0.6 is 11.3 Å². The van der Waals surface area contributed by atoms with E-state index in [1.54, 1.807) is 7.05 Å². The average Bonchev–Trinajstić information content (AvgIpc) is 2.48. The number of nitrogens with one attached hydrogen (secondary N) is 1. The summed E-state index contributed by atoms with van der Waals surface area (Å²) in [6, 6.07) is 0. The second kappa shape index (κ2) is 5.22. The van der Waals surface area contributed by atoms with E-state index >= 15 is 0 Å². The highest BCUT2D eigenvalue weighted by Crippen LogP contribution is 2.19. The predicted octanol–water partition coefficient (Wildman–Crippen LogP) is 1.81. The summed E-state index contributed by atoms with van der Waals surface area (Å²) in [7, 11) is 1.78. The minimum Gasteiger partial charge on any atom is -0.313 e. The fourth-order valence-electron chi connectivity index (χ4n) is 1.27. The number of Topliss-reactive ketones (excluding diaryl/α,β-unsaturated/α-hetero) is 1. The van der Waals surface area contributed by atoms with E-state index in [9.17, 15) is 4.79 Å². The predicted molar refractivity (Wildman–Crippen MR) is 59.1 cm³/mol. The molecule has 0 fully saturated rings. The molecule has 0 aliphatic heterocycles. The molecular weight excluding hydrogens is 196 g/mol. The number of ketones is 1. The van der Waals surface area contributed by atoms with Crippen LogP contribution in [0.1, 0.15) is 33.7 Å². The van der Waals surface area contributed by atoms with Gasteiger partial charge in [-0.2, -0.15) is 0 Å². The van der Waals surface area contributed by atoms with Crippen LogP contribution in [0.3, 0.4) is 0 Å². The molecule has 0 saturated carbocycles. The molecule has 0 atom stereocenters. The van der Waals surface area contributed by atoms with Gasteiger partial charge in [0.15, 0.2) is 5.78 Å². The van der Waals surface area contributed by atoms with Crippen LogP contribution in [0.4, 0.5) is 0 Å². The van der Waals surface area contributed by atoms with Gasteiger partial charge >= 0.3 is 0 Å². The third-order valence-electron chi connectivity index (χ3n) is 1.90. The lowest BCUT2D eigenvalue weighted by Crippen LogP contribution is -2.18. The summed E-state index contributed by atoms with van der Waals surface area (Å²) in [5, 5.41) is 3.94. The van der Waals surface area contributed by atoms with E-state index in [2.05, 4.69) is 17.2 Å². The Morgan fingerprint density at radius 1 is 1.57 bits per heavy atom. The van der Waals surface area contributed by atoms with Gasteiger partial charge in [-0.15, -0.1) is 11.3 Å². The molecule has 4 heteroatoms. The van der Waals surface area contributed by atoms with Gasteiger partial charge in [0.2, 0.25) is 0 Å². The lowest BCUT2D eigenvalue weighted by Gasteiger charge is -1.95. The first-order valence-electron chi connectivity index (χ1n) is 4.83. The quantitative estimate of drug-likeness (QED) is 0.757. The number of thiazole rings is 1. The first-order chi connectivity index (χ1) is 6.69. The highest BCUT2D eigenvalue weighted by Gasteiger charge is 2.13. The van der Waals surface area contributed by atoms with E-state index in [1.807, 2.05) is 6.92 Å². The molecule has 0 saturated heterocycles. The summed E-state index contributed by atoms with van der Waals surface area (Å²) in [4.78, 5) is 16.8. The van der Waals surface area contributed by atoms with Crippen LogP contribution in [-0.4, -0.2) is 24.4 Å². The van der Waals surface area contributed by atoms with Gasteiger partial charge in [0.05, 0.1) is 22.1 Å². The van der Waals surface area contributed by atoms with Crippen molar-refractivity contribution in [3.63, 3.8) is 0 Å². The number of aryl methyl sites for hydroxylation is 2. The monoisotopic (exact) mass is 212 g/mol. The topological polar surface area (TPSA) is 42.0 Å². The van der Waals surface area contributed by atoms with Gasteiger partial charge in [-0.05, 0) is 26.8 Å². The summed E-state index contributed by atoms with van der Waals surface area (Å²) in [6.07, 6.45) is 2.05. The molecule has 0 aliphatic carbocycles. The number of rotatable bonds is 5. The molecule has 14 heavy (non-hydrogen) atoms. The summed E-state index contributed by atoms with van der Waals surface area (Å²) in [6.45, 7) is 4.42. The van der Waals surface area contributed by atoms with E-state index in [0.29, 0.717) is 6.54 Å². The van der Waals surface area contributed by atoms with E-state index in [4.69, 9.17) is 0 Å². The molecular formula is C10H16N2OS. The van der Waals surface area contributed by atoms with Crippen molar-refractivity contribution in [3.05, 3.63) is 15.6 Å². The Hall–Kier alpha value is -0.740. The Morgan fingerprint density at radius 2 is 2.29 bits per heavy atom. The molecule has 1 aromatic rings. The van der Waals surface area contributed by atoms with Gasteiger partial charge in [-0.3, -0.25) is 4.79 Å². The Balaban J connectivity index is 2.81. The van der Waals surface area contributed by atoms with Crippen molar-refractivity contribution in [1.29, 1.82) is 0 Å². The fraction of sp³-hybridized carbons (Fsp3) is 0.600. The molecule has 1 aromatic heterocycles. The molecule has 0 aromatic carbocycles. The third kappa shape index (κ3) is 2.62. The van der Waals surface area contributed by atoms with Crippen LogP contribution in [0.25, 0.3) is 0 Å². The average molecular weight is 212 g/mol. The lowest BCUT2D eigenvalue weighted by molar-refractivity contribution is 0.0996. The second-order valence-electron chi connectivity index (χ2n) is 3.23. The van der Waals surface area contributed by atoms with E-state index in [1.165, 1.54) is 11.3 Å². The summed E-state index contributed by atoms with van der Waals surface area (Å²) in [5.41, 5.74) is 0.874. The zero-order valence-corrected chi connectivity index (χ0v) is 9.70. The maximum Gasteiger partial charge on any atom is 0.188 e. The third-order valence-corrected chi connectivity index (χ3v) is 3.15. The molecule has 0 radical (unpaired) electrons. The molecule has 78 valence electrons. The van der Waals surface area contributed by atoms with Crippen molar-refractivity contribution in [1.82, 2.24) is 10.3 Å². The van der Waals surface area contributed by atoms with Crippen LogP contribution in [0.5, 0.6) is 0 Å². The van der Waals surface area contributed by atoms with Crippen LogP contribution in [0.15, 0.2) is 0 Å². The van der Waals surface area contributed by atoms with E-state index in [-0.39, 0.29) is 5.78 Å². The molecule has 0 aliphatic rings. The van der Waals surface area contributed by atoms with Crippen LogP contribution in [0, 0.1) is 6.92 Å². The zero-order chi connectivity index (χ0) is 10.6. The van der Waals surface area contributed by atoms with Gasteiger partial charge < -0.3 is 5.32 Å². The first kappa shape index (κ1) is 11.3. The van der Waals surface area contributed by atoms with Crippen molar-refractivity contribution in [2.45, 2.75) is 26.7 Å². The summed E-state index contributed by atoms with van der Waals surface area (Å²) < 4.78 is 0. The Bertz CT molecular complexity index is 320. The number of aromatic nitrogens is 1. The summed E-state index contributed by atoms with van der Waals surface area (Å²) >= 11 is 1.53. The molecule has 0 amide bonds. The maximum absolute atomic E-state index is 11.6. The lowest BCUT2D eigenvalue weighted by atomic mass is 10.3. The van der Waals surface area contributed by atoms with Crippen molar-refractivity contribution < 1.29 is 4.79 Å². The number of nitrogens with zero attached hydrogens (tertiary/aromatic N) is 1. The number of carbonyl (C=O) groups is 1. The van der Waals surface area contributed by atoms with Crippen LogP contribution in [0.2, 0.25) is 0 Å². The number of hydrogen-bond donors (Lipinski definition) is 1. The smallest absolute Gasteiger partial charge is 0.188 e. The largest absolute Gasteiger partial charge is 0.313 e. The minimum absolute atomic E-state index is 0.143. The zero-order valence-electron chi connectivity index (χ0n) is 8.89. The summed E-state index contributed by atoms with van der Waals surface area (Å²) in [5.74, 6) is 0.143. The first-order valence-corrected chi connectivity index (χ1v) is 5.64. The van der Waals surface area contributed by atoms with Gasteiger partial charge in [0.25, 0.3) is 0 Å². The maximum atomic E-state index is 11.6. The molecule has 0 bridgehead atoms. The highest BCUT2D eigenvalue weighted by molar-refractivity contribution is 7.13. The van der Waals surface area contributed by atoms with E-state index in [0.717, 1.165) is 28.4 Å². The molecule has 0 unspecified atom stereocenters. The van der Waals surface area contributed by atoms with Crippen molar-refractivity contribution in [2.24, 2.45) is 0 Å². The Labute approximate surface area is 88.6 Å². The number of carbonyl (C=O) groups excluding carboxylic acids is 1. The molecule has 1 heterocycles. The van der Waals surface area contributed by atoms with E-state index < -0.39 is 0 Å². The SMILES string of the molecule is CCCc1nc(C)c(C(=O)CNC)s1. The van der Waals surface area contributed by atoms with Crippen molar-refractivity contribution in [2.75, 3.05) is 13.6 Å². The van der Waals surface area contributed by atoms with Crippen molar-refractivity contribution in [3.8, 4) is 0 Å². The Kier molecular flexibility index (Phi) is 4.22. The molecule has 1 rings (SSSR count).